The molecule has 0 fully saturated rings. The number of methoxy groups -OCH3 is 1. The van der Waals surface area contributed by atoms with Crippen LogP contribution in [0.25, 0.3) is 0 Å². The van der Waals surface area contributed by atoms with Gasteiger partial charge in [-0.1, -0.05) is 78.9 Å². The van der Waals surface area contributed by atoms with E-state index in [0.717, 1.165) is 11.1 Å². The Morgan fingerprint density at radius 2 is 1.48 bits per heavy atom. The number of carbonyl (C=O) groups excluding carboxylic acids is 1. The van der Waals surface area contributed by atoms with E-state index >= 15 is 0 Å². The summed E-state index contributed by atoms with van der Waals surface area (Å²) in [6.07, 6.45) is 1.92. The fraction of sp³-hybridized carbons (Fsp3) is 0.161. The average Bonchev–Trinajstić information content (AvgIpc) is 2.99. The Morgan fingerprint density at radius 3 is 2.12 bits per heavy atom. The monoisotopic (exact) mass is 557 g/mol. The van der Waals surface area contributed by atoms with Gasteiger partial charge in [0.2, 0.25) is 10.0 Å². The molecule has 0 radical (unpaired) electrons. The Bertz CT molecular complexity index is 1510. The second-order valence-electron chi connectivity index (χ2n) is 8.86. The molecule has 40 heavy (non-hydrogen) atoms. The third kappa shape index (κ3) is 8.02. The van der Waals surface area contributed by atoms with Gasteiger partial charge in [0.1, 0.15) is 6.61 Å². The zero-order valence-electron chi connectivity index (χ0n) is 22.1. The molecule has 0 aliphatic carbocycles. The normalized spacial score (nSPS) is 11.4. The van der Waals surface area contributed by atoms with Gasteiger partial charge in [0.25, 0.3) is 5.91 Å². The van der Waals surface area contributed by atoms with Crippen molar-refractivity contribution in [3.63, 3.8) is 0 Å². The molecule has 0 saturated carbocycles. The van der Waals surface area contributed by atoms with Gasteiger partial charge >= 0.3 is 0 Å². The number of carbonyl (C=O) groups is 1. The third-order valence-corrected chi connectivity index (χ3v) is 7.88. The molecule has 0 heterocycles. The highest BCUT2D eigenvalue weighted by atomic mass is 32.2. The number of sulfonamides is 1. The van der Waals surface area contributed by atoms with E-state index in [4.69, 9.17) is 9.47 Å². The highest BCUT2D eigenvalue weighted by molar-refractivity contribution is 7.89. The molecule has 206 valence electrons. The van der Waals surface area contributed by atoms with Crippen LogP contribution < -0.4 is 14.9 Å². The molecule has 0 aliphatic rings. The predicted molar refractivity (Wildman–Crippen MR) is 155 cm³/mol. The van der Waals surface area contributed by atoms with Crippen molar-refractivity contribution in [3.05, 3.63) is 126 Å². The summed E-state index contributed by atoms with van der Waals surface area (Å²) >= 11 is 0. The first kappa shape index (κ1) is 28.5. The molecule has 4 aromatic rings. The summed E-state index contributed by atoms with van der Waals surface area (Å²) in [5.41, 5.74) is 5.11. The van der Waals surface area contributed by atoms with Crippen molar-refractivity contribution < 1.29 is 22.7 Å². The first-order valence-corrected chi connectivity index (χ1v) is 14.2. The Morgan fingerprint density at radius 1 is 0.850 bits per heavy atom. The first-order chi connectivity index (χ1) is 19.5. The SMILES string of the molecule is COc1cc(/C=N\NC(=O)CN(CCc2ccccc2)S(=O)(=O)c2ccccc2)ccc1OCc1ccccc1. The Balaban J connectivity index is 1.40. The van der Waals surface area contributed by atoms with Gasteiger partial charge in [-0.05, 0) is 53.4 Å². The number of benzene rings is 4. The third-order valence-electron chi connectivity index (χ3n) is 6.02. The number of rotatable bonds is 13. The molecule has 0 unspecified atom stereocenters. The Hall–Kier alpha value is -4.47. The standard InChI is InChI=1S/C31H31N3O5S/c1-38-30-21-27(17-18-29(30)39-24-26-13-7-3-8-14-26)22-32-33-31(35)23-34(20-19-25-11-5-2-6-12-25)40(36,37)28-15-9-4-10-16-28/h2-18,21-22H,19-20,23-24H2,1H3,(H,33,35)/b32-22-. The topological polar surface area (TPSA) is 97.3 Å². The fourth-order valence-corrected chi connectivity index (χ4v) is 5.34. The number of hydrogen-bond donors (Lipinski definition) is 1. The number of amides is 1. The molecule has 4 aromatic carbocycles. The van der Waals surface area contributed by atoms with Crippen LogP contribution in [0.4, 0.5) is 0 Å². The number of hydrogen-bond acceptors (Lipinski definition) is 6. The summed E-state index contributed by atoms with van der Waals surface area (Å²) in [6.45, 7) is 0.157. The molecule has 0 bridgehead atoms. The molecule has 0 aromatic heterocycles. The lowest BCUT2D eigenvalue weighted by Gasteiger charge is -2.21. The summed E-state index contributed by atoms with van der Waals surface area (Å²) in [7, 11) is -2.35. The minimum atomic E-state index is -3.89. The maximum absolute atomic E-state index is 13.3. The lowest BCUT2D eigenvalue weighted by Crippen LogP contribution is -2.40. The van der Waals surface area contributed by atoms with E-state index in [9.17, 15) is 13.2 Å². The fourth-order valence-electron chi connectivity index (χ4n) is 3.92. The highest BCUT2D eigenvalue weighted by Gasteiger charge is 2.26. The maximum Gasteiger partial charge on any atom is 0.255 e. The Kier molecular flexibility index (Phi) is 10.0. The van der Waals surface area contributed by atoms with E-state index in [1.165, 1.54) is 22.7 Å². The van der Waals surface area contributed by atoms with Crippen molar-refractivity contribution in [1.82, 2.24) is 9.73 Å². The quantitative estimate of drug-likeness (QED) is 0.191. The van der Waals surface area contributed by atoms with E-state index in [-0.39, 0.29) is 18.0 Å². The lowest BCUT2D eigenvalue weighted by atomic mass is 10.1. The van der Waals surface area contributed by atoms with Crippen LogP contribution in [-0.4, -0.2) is 45.0 Å². The molecule has 0 atom stereocenters. The van der Waals surface area contributed by atoms with Gasteiger partial charge < -0.3 is 9.47 Å². The van der Waals surface area contributed by atoms with E-state index < -0.39 is 15.9 Å². The van der Waals surface area contributed by atoms with Gasteiger partial charge in [-0.2, -0.15) is 9.41 Å². The van der Waals surface area contributed by atoms with Crippen LogP contribution in [0.2, 0.25) is 0 Å². The second kappa shape index (κ2) is 14.1. The minimum Gasteiger partial charge on any atom is -0.493 e. The molecule has 0 aliphatic heterocycles. The van der Waals surface area contributed by atoms with Crippen LogP contribution in [0, 0.1) is 0 Å². The molecular formula is C31H31N3O5S. The number of nitrogens with one attached hydrogen (secondary N) is 1. The van der Waals surface area contributed by atoms with Crippen molar-refractivity contribution in [3.8, 4) is 11.5 Å². The zero-order valence-corrected chi connectivity index (χ0v) is 23.0. The zero-order chi connectivity index (χ0) is 28.2. The van der Waals surface area contributed by atoms with Crippen LogP contribution in [0.15, 0.2) is 119 Å². The lowest BCUT2D eigenvalue weighted by molar-refractivity contribution is -0.121. The second-order valence-corrected chi connectivity index (χ2v) is 10.8. The van der Waals surface area contributed by atoms with Crippen molar-refractivity contribution in [2.75, 3.05) is 20.2 Å². The summed E-state index contributed by atoms with van der Waals surface area (Å²) in [5, 5.41) is 4.02. The molecular weight excluding hydrogens is 526 g/mol. The van der Waals surface area contributed by atoms with Crippen LogP contribution in [0.5, 0.6) is 11.5 Å². The summed E-state index contributed by atoms with van der Waals surface area (Å²) in [5.74, 6) is 0.540. The van der Waals surface area contributed by atoms with Crippen molar-refractivity contribution in [1.29, 1.82) is 0 Å². The van der Waals surface area contributed by atoms with E-state index in [1.807, 2.05) is 60.7 Å². The van der Waals surface area contributed by atoms with Gasteiger partial charge in [0.15, 0.2) is 11.5 Å². The number of nitrogens with zero attached hydrogens (tertiary/aromatic N) is 2. The molecule has 8 nitrogen and oxygen atoms in total. The van der Waals surface area contributed by atoms with Gasteiger partial charge in [-0.3, -0.25) is 4.79 Å². The summed E-state index contributed by atoms with van der Waals surface area (Å²) < 4.78 is 39.1. The average molecular weight is 558 g/mol. The van der Waals surface area contributed by atoms with Crippen molar-refractivity contribution >= 4 is 22.1 Å². The van der Waals surface area contributed by atoms with Crippen LogP contribution in [0.3, 0.4) is 0 Å². The largest absolute Gasteiger partial charge is 0.493 e. The molecule has 9 heteroatoms. The van der Waals surface area contributed by atoms with Gasteiger partial charge in [0.05, 0.1) is 24.8 Å². The Labute approximate surface area is 234 Å². The molecule has 1 N–H and O–H groups in total. The van der Waals surface area contributed by atoms with E-state index in [2.05, 4.69) is 10.5 Å². The highest BCUT2D eigenvalue weighted by Crippen LogP contribution is 2.28. The van der Waals surface area contributed by atoms with Crippen LogP contribution >= 0.6 is 0 Å². The first-order valence-electron chi connectivity index (χ1n) is 12.7. The van der Waals surface area contributed by atoms with Gasteiger partial charge in [-0.25, -0.2) is 13.8 Å². The van der Waals surface area contributed by atoms with E-state index in [0.29, 0.717) is 30.1 Å². The van der Waals surface area contributed by atoms with Crippen LogP contribution in [-0.2, 0) is 27.8 Å². The van der Waals surface area contributed by atoms with Crippen molar-refractivity contribution in [2.24, 2.45) is 5.10 Å². The minimum absolute atomic E-state index is 0.126. The van der Waals surface area contributed by atoms with Crippen molar-refractivity contribution in [2.45, 2.75) is 17.9 Å². The molecule has 0 spiro atoms. The van der Waals surface area contributed by atoms with Gasteiger partial charge in [-0.15, -0.1) is 0 Å². The molecule has 1 amide bonds. The summed E-state index contributed by atoms with van der Waals surface area (Å²) in [4.78, 5) is 12.9. The smallest absolute Gasteiger partial charge is 0.255 e. The summed E-state index contributed by atoms with van der Waals surface area (Å²) in [6, 6.07) is 32.7. The number of hydrazone groups is 1. The van der Waals surface area contributed by atoms with Gasteiger partial charge in [0, 0.05) is 6.54 Å². The molecule has 4 rings (SSSR count). The number of ether oxygens (including phenoxy) is 2. The maximum atomic E-state index is 13.3. The molecule has 0 saturated heterocycles. The predicted octanol–water partition coefficient (Wildman–Crippen LogP) is 4.66. The van der Waals surface area contributed by atoms with E-state index in [1.54, 1.807) is 43.5 Å². The van der Waals surface area contributed by atoms with Crippen LogP contribution in [0.1, 0.15) is 16.7 Å².